The van der Waals surface area contributed by atoms with Crippen LogP contribution < -0.4 is 0 Å². The van der Waals surface area contributed by atoms with Gasteiger partial charge in [-0.15, -0.1) is 0 Å². The second-order valence-corrected chi connectivity index (χ2v) is 18.0. The SMILES string of the molecule is C[C@@H]1CC[C@@]2(OC1)O[C@H]1C[C@H]3[C@@H]4CC=C5C[C@@H](O[C@@H]6O[C@H](CO)[C@@H](O)[C@H](O[C@@H]7O[C@@H](O)[C@H](O)[C@@H](O)[C@H]7O)[C@H]6O)CC[C@]5(C)[C@H]4CC[C@]3(C)[C@H]1[C@@H]2C. The quantitative estimate of drug-likeness (QED) is 0.201. The smallest absolute Gasteiger partial charge is 0.189 e. The minimum atomic E-state index is -1.86. The second kappa shape index (κ2) is 13.5. The molecular weight excluding hydrogens is 664 g/mol. The highest BCUT2D eigenvalue weighted by Crippen LogP contribution is 2.70. The van der Waals surface area contributed by atoms with Crippen molar-refractivity contribution in [3.05, 3.63) is 11.6 Å². The fraction of sp³-hybridized carbons (Fsp3) is 0.947. The molecule has 1 spiro atoms. The summed E-state index contributed by atoms with van der Waals surface area (Å²) in [6.07, 6.45) is -4.42. The number of ether oxygens (including phenoxy) is 6. The monoisotopic (exact) mass is 724 g/mol. The van der Waals surface area contributed by atoms with E-state index < -0.39 is 74.0 Å². The summed E-state index contributed by atoms with van der Waals surface area (Å²) in [7, 11) is 0. The van der Waals surface area contributed by atoms with Crippen LogP contribution >= 0.6 is 0 Å². The lowest BCUT2D eigenvalue weighted by molar-refractivity contribution is -0.381. The molecule has 8 aliphatic rings. The van der Waals surface area contributed by atoms with E-state index in [1.165, 1.54) is 18.4 Å². The van der Waals surface area contributed by atoms with Crippen molar-refractivity contribution in [3.63, 3.8) is 0 Å². The molecule has 0 aromatic carbocycles. The third-order valence-electron chi connectivity index (χ3n) is 15.3. The fourth-order valence-corrected chi connectivity index (χ4v) is 12.4. The minimum absolute atomic E-state index is 0.0420. The first-order chi connectivity index (χ1) is 24.2. The molecule has 0 aromatic heterocycles. The Balaban J connectivity index is 0.939. The van der Waals surface area contributed by atoms with E-state index in [1.807, 2.05) is 0 Å². The van der Waals surface area contributed by atoms with Gasteiger partial charge in [0.1, 0.15) is 42.7 Å². The van der Waals surface area contributed by atoms with E-state index in [2.05, 4.69) is 33.8 Å². The number of aliphatic hydroxyl groups excluding tert-OH is 7. The Kier molecular flexibility index (Phi) is 9.80. The van der Waals surface area contributed by atoms with Crippen molar-refractivity contribution < 1.29 is 64.2 Å². The summed E-state index contributed by atoms with van der Waals surface area (Å²) >= 11 is 0. The van der Waals surface area contributed by atoms with Crippen LogP contribution in [0.3, 0.4) is 0 Å². The van der Waals surface area contributed by atoms with Crippen LogP contribution in [0.1, 0.15) is 85.5 Å². The standard InChI is InChI=1S/C38H60O13/c1-17-7-12-38(46-16-17)18(2)26-24(51-38)14-23-21-6-5-19-13-20(8-10-36(19,3)22(21)9-11-37(23,26)4)47-35-31(44)32(27(40)25(15-39)48-35)49-34-30(43)28(41)29(42)33(45)50-34/h5,17-18,20-35,39-45H,6-16H2,1-4H3/t17-,18+,20+,21-,22+,23+,24+,25-,26+,27-,28-,29-,30-,31-,32+,33-,34-,35-,36+,37+,38-/m1/s1. The predicted octanol–water partition coefficient (Wildman–Crippen LogP) is 1.32. The van der Waals surface area contributed by atoms with Crippen LogP contribution in [0.25, 0.3) is 0 Å². The third-order valence-corrected chi connectivity index (χ3v) is 15.3. The zero-order valence-electron chi connectivity index (χ0n) is 30.3. The highest BCUT2D eigenvalue weighted by atomic mass is 16.8. The summed E-state index contributed by atoms with van der Waals surface area (Å²) < 4.78 is 36.5. The summed E-state index contributed by atoms with van der Waals surface area (Å²) in [6, 6.07) is 0. The predicted molar refractivity (Wildman–Crippen MR) is 178 cm³/mol. The number of aliphatic hydroxyl groups is 7. The lowest BCUT2D eigenvalue weighted by Gasteiger charge is -2.58. The molecule has 290 valence electrons. The van der Waals surface area contributed by atoms with Gasteiger partial charge in [-0.05, 0) is 91.8 Å². The van der Waals surface area contributed by atoms with E-state index in [9.17, 15) is 35.7 Å². The topological polar surface area (TPSA) is 197 Å². The van der Waals surface area contributed by atoms with Gasteiger partial charge in [-0.1, -0.05) is 39.3 Å². The van der Waals surface area contributed by atoms with Crippen LogP contribution in [-0.4, -0.2) is 129 Å². The van der Waals surface area contributed by atoms with Crippen molar-refractivity contribution in [2.75, 3.05) is 13.2 Å². The lowest BCUT2D eigenvalue weighted by Crippen LogP contribution is -2.64. The molecule has 13 nitrogen and oxygen atoms in total. The van der Waals surface area contributed by atoms with E-state index in [1.54, 1.807) is 0 Å². The first kappa shape index (κ1) is 37.2. The fourth-order valence-electron chi connectivity index (χ4n) is 12.4. The number of fused-ring (bicyclic) bond motifs is 7. The van der Waals surface area contributed by atoms with Crippen LogP contribution in [0.5, 0.6) is 0 Å². The molecule has 0 amide bonds. The first-order valence-corrected chi connectivity index (χ1v) is 19.5. The summed E-state index contributed by atoms with van der Waals surface area (Å²) in [4.78, 5) is 0. The van der Waals surface area contributed by atoms with E-state index in [0.29, 0.717) is 41.9 Å². The molecule has 51 heavy (non-hydrogen) atoms. The minimum Gasteiger partial charge on any atom is -0.394 e. The lowest BCUT2D eigenvalue weighted by atomic mass is 9.47. The van der Waals surface area contributed by atoms with Gasteiger partial charge in [0.15, 0.2) is 24.7 Å². The van der Waals surface area contributed by atoms with Crippen molar-refractivity contribution in [1.82, 2.24) is 0 Å². The maximum Gasteiger partial charge on any atom is 0.189 e. The Bertz CT molecular complexity index is 1310. The van der Waals surface area contributed by atoms with Crippen LogP contribution in [0.4, 0.5) is 0 Å². The molecule has 0 bridgehead atoms. The summed E-state index contributed by atoms with van der Waals surface area (Å²) in [5, 5.41) is 72.5. The van der Waals surface area contributed by atoms with Crippen LogP contribution in [-0.2, 0) is 28.4 Å². The Morgan fingerprint density at radius 3 is 2.31 bits per heavy atom. The number of hydrogen-bond donors (Lipinski definition) is 7. The molecule has 7 N–H and O–H groups in total. The molecule has 4 aliphatic carbocycles. The highest BCUT2D eigenvalue weighted by molar-refractivity contribution is 5.26. The van der Waals surface area contributed by atoms with Crippen molar-refractivity contribution in [2.24, 2.45) is 46.3 Å². The van der Waals surface area contributed by atoms with Gasteiger partial charge in [0.25, 0.3) is 0 Å². The molecule has 4 saturated heterocycles. The average molecular weight is 725 g/mol. The van der Waals surface area contributed by atoms with E-state index in [4.69, 9.17) is 28.4 Å². The first-order valence-electron chi connectivity index (χ1n) is 19.5. The van der Waals surface area contributed by atoms with Crippen LogP contribution in [0.2, 0.25) is 0 Å². The largest absolute Gasteiger partial charge is 0.394 e. The molecule has 13 heteroatoms. The van der Waals surface area contributed by atoms with Gasteiger partial charge in [-0.2, -0.15) is 0 Å². The zero-order valence-corrected chi connectivity index (χ0v) is 30.3. The Morgan fingerprint density at radius 1 is 0.824 bits per heavy atom. The molecule has 21 atom stereocenters. The summed E-state index contributed by atoms with van der Waals surface area (Å²) in [5.74, 6) is 2.87. The normalized spacial score (nSPS) is 58.4. The molecular formula is C38H60O13. The van der Waals surface area contributed by atoms with Crippen molar-refractivity contribution in [3.8, 4) is 0 Å². The summed E-state index contributed by atoms with van der Waals surface area (Å²) in [6.45, 7) is 9.83. The zero-order chi connectivity index (χ0) is 36.2. The van der Waals surface area contributed by atoms with E-state index in [-0.39, 0.29) is 23.0 Å². The van der Waals surface area contributed by atoms with Gasteiger partial charge >= 0.3 is 0 Å². The van der Waals surface area contributed by atoms with Gasteiger partial charge in [-0.3, -0.25) is 0 Å². The van der Waals surface area contributed by atoms with Crippen LogP contribution in [0, 0.1) is 46.3 Å². The van der Waals surface area contributed by atoms with Gasteiger partial charge in [0.05, 0.1) is 25.4 Å². The molecule has 7 fully saturated rings. The number of rotatable bonds is 5. The molecule has 0 radical (unpaired) electrons. The maximum absolute atomic E-state index is 11.3. The van der Waals surface area contributed by atoms with Crippen molar-refractivity contribution >= 4 is 0 Å². The van der Waals surface area contributed by atoms with E-state index in [0.717, 1.165) is 45.1 Å². The van der Waals surface area contributed by atoms with Crippen molar-refractivity contribution in [2.45, 2.75) is 165 Å². The highest BCUT2D eigenvalue weighted by Gasteiger charge is 2.68. The molecule has 4 heterocycles. The van der Waals surface area contributed by atoms with Gasteiger partial charge in [0, 0.05) is 12.3 Å². The molecule has 3 saturated carbocycles. The Morgan fingerprint density at radius 2 is 1.59 bits per heavy atom. The Hall–Kier alpha value is -0.780. The molecule has 0 aromatic rings. The van der Waals surface area contributed by atoms with Gasteiger partial charge in [0.2, 0.25) is 0 Å². The second-order valence-electron chi connectivity index (χ2n) is 18.0. The maximum atomic E-state index is 11.3. The van der Waals surface area contributed by atoms with Crippen LogP contribution in [0.15, 0.2) is 11.6 Å². The molecule has 4 aliphatic heterocycles. The van der Waals surface area contributed by atoms with Gasteiger partial charge < -0.3 is 64.2 Å². The van der Waals surface area contributed by atoms with E-state index >= 15 is 0 Å². The molecule has 0 unspecified atom stereocenters. The number of hydrogen-bond acceptors (Lipinski definition) is 13. The van der Waals surface area contributed by atoms with Gasteiger partial charge in [-0.25, -0.2) is 0 Å². The average Bonchev–Trinajstić information content (AvgIpc) is 3.56. The Labute approximate surface area is 300 Å². The summed E-state index contributed by atoms with van der Waals surface area (Å²) in [5.41, 5.74) is 1.66. The number of allylic oxidation sites excluding steroid dienone is 1. The third kappa shape index (κ3) is 5.83. The molecule has 8 rings (SSSR count). The van der Waals surface area contributed by atoms with Crippen molar-refractivity contribution in [1.29, 1.82) is 0 Å².